The van der Waals surface area contributed by atoms with E-state index in [1.165, 1.54) is 18.4 Å². The van der Waals surface area contributed by atoms with Gasteiger partial charge in [-0.2, -0.15) is 0 Å². The minimum absolute atomic E-state index is 0.110. The van der Waals surface area contributed by atoms with Gasteiger partial charge in [-0.25, -0.2) is 4.79 Å². The zero-order valence-corrected chi connectivity index (χ0v) is 16.0. The number of allylic oxidation sites excluding steroid dienone is 1. The molecule has 23 heavy (non-hydrogen) atoms. The quantitative estimate of drug-likeness (QED) is 0.409. The second-order valence-corrected chi connectivity index (χ2v) is 7.98. The standard InChI is InChI=1S/C19H24INO2/c1-3-23-19(22)17-13(2)21(12-14-8-5-4-6-9-14)18-15(17)10-7-11-16(18)20/h4-6,8-9,15-16,18H,3,7,10-12H2,1-2H3/t15-,16+,18+/m1/s1. The van der Waals surface area contributed by atoms with Crippen molar-refractivity contribution in [2.45, 2.75) is 49.6 Å². The van der Waals surface area contributed by atoms with Crippen molar-refractivity contribution in [3.63, 3.8) is 0 Å². The molecular weight excluding hydrogens is 401 g/mol. The van der Waals surface area contributed by atoms with Gasteiger partial charge in [0.15, 0.2) is 0 Å². The highest BCUT2D eigenvalue weighted by Crippen LogP contribution is 2.46. The predicted octanol–water partition coefficient (Wildman–Crippen LogP) is 4.31. The molecule has 3 nitrogen and oxygen atoms in total. The van der Waals surface area contributed by atoms with Gasteiger partial charge in [-0.3, -0.25) is 0 Å². The fourth-order valence-electron chi connectivity index (χ4n) is 4.01. The fourth-order valence-corrected chi connectivity index (χ4v) is 5.34. The maximum absolute atomic E-state index is 12.5. The summed E-state index contributed by atoms with van der Waals surface area (Å²) in [5.74, 6) is 0.217. The first-order valence-corrected chi connectivity index (χ1v) is 9.70. The lowest BCUT2D eigenvalue weighted by molar-refractivity contribution is -0.139. The molecule has 0 aromatic heterocycles. The Kier molecular flexibility index (Phi) is 5.29. The third kappa shape index (κ3) is 3.28. The largest absolute Gasteiger partial charge is 0.463 e. The van der Waals surface area contributed by atoms with E-state index in [4.69, 9.17) is 4.74 Å². The van der Waals surface area contributed by atoms with Crippen LogP contribution in [0.3, 0.4) is 0 Å². The van der Waals surface area contributed by atoms with Crippen LogP contribution in [0.15, 0.2) is 41.6 Å². The summed E-state index contributed by atoms with van der Waals surface area (Å²) < 4.78 is 5.93. The van der Waals surface area contributed by atoms with Crippen molar-refractivity contribution in [1.29, 1.82) is 0 Å². The molecule has 0 unspecified atom stereocenters. The van der Waals surface area contributed by atoms with Crippen molar-refractivity contribution in [3.05, 3.63) is 47.2 Å². The van der Waals surface area contributed by atoms with Gasteiger partial charge < -0.3 is 9.64 Å². The first-order chi connectivity index (χ1) is 11.1. The molecule has 0 bridgehead atoms. The Morgan fingerprint density at radius 2 is 2.04 bits per heavy atom. The molecule has 0 saturated heterocycles. The number of halogens is 1. The third-order valence-corrected chi connectivity index (χ3v) is 6.38. The Labute approximate surface area is 152 Å². The van der Waals surface area contributed by atoms with Crippen LogP contribution in [0.5, 0.6) is 0 Å². The molecule has 4 heteroatoms. The van der Waals surface area contributed by atoms with E-state index in [2.05, 4.69) is 58.7 Å². The van der Waals surface area contributed by atoms with Gasteiger partial charge in [0.2, 0.25) is 0 Å². The number of carbonyl (C=O) groups is 1. The van der Waals surface area contributed by atoms with Crippen molar-refractivity contribution >= 4 is 28.6 Å². The molecule has 2 aliphatic rings. The van der Waals surface area contributed by atoms with Crippen molar-refractivity contribution in [1.82, 2.24) is 4.90 Å². The summed E-state index contributed by atoms with van der Waals surface area (Å²) in [5.41, 5.74) is 3.34. The van der Waals surface area contributed by atoms with Crippen molar-refractivity contribution < 1.29 is 9.53 Å². The number of benzene rings is 1. The molecule has 1 fully saturated rings. The molecule has 0 spiro atoms. The molecule has 124 valence electrons. The monoisotopic (exact) mass is 425 g/mol. The van der Waals surface area contributed by atoms with Crippen LogP contribution in [0.4, 0.5) is 0 Å². The van der Waals surface area contributed by atoms with Crippen LogP contribution >= 0.6 is 22.6 Å². The number of hydrogen-bond acceptors (Lipinski definition) is 3. The molecule has 1 heterocycles. The lowest BCUT2D eigenvalue weighted by atomic mass is 9.81. The number of carbonyl (C=O) groups excluding carboxylic acids is 1. The number of fused-ring (bicyclic) bond motifs is 1. The Bertz CT molecular complexity index is 599. The number of esters is 1. The van der Waals surface area contributed by atoms with Gasteiger partial charge in [0, 0.05) is 28.1 Å². The van der Waals surface area contributed by atoms with E-state index < -0.39 is 0 Å². The predicted molar refractivity (Wildman–Crippen MR) is 100 cm³/mol. The van der Waals surface area contributed by atoms with Crippen molar-refractivity contribution in [3.8, 4) is 0 Å². The first-order valence-electron chi connectivity index (χ1n) is 8.46. The molecule has 0 N–H and O–H groups in total. The van der Waals surface area contributed by atoms with E-state index >= 15 is 0 Å². The van der Waals surface area contributed by atoms with Crippen LogP contribution < -0.4 is 0 Å². The summed E-state index contributed by atoms with van der Waals surface area (Å²) >= 11 is 2.58. The SMILES string of the molecule is CCOC(=O)C1=C(C)N(Cc2ccccc2)[C@H]2[C@@H]1CCC[C@@H]2I. The van der Waals surface area contributed by atoms with Crippen LogP contribution in [0.1, 0.15) is 38.7 Å². The lowest BCUT2D eigenvalue weighted by Gasteiger charge is -2.38. The van der Waals surface area contributed by atoms with E-state index in [1.54, 1.807) is 0 Å². The topological polar surface area (TPSA) is 29.5 Å². The number of rotatable bonds is 4. The van der Waals surface area contributed by atoms with Crippen LogP contribution in [0.2, 0.25) is 0 Å². The molecule has 1 aliphatic heterocycles. The zero-order chi connectivity index (χ0) is 16.4. The third-order valence-electron chi connectivity index (χ3n) is 5.02. The summed E-state index contributed by atoms with van der Waals surface area (Å²) in [6.45, 7) is 5.29. The van der Waals surface area contributed by atoms with Crippen LogP contribution in [-0.2, 0) is 16.1 Å². The summed E-state index contributed by atoms with van der Waals surface area (Å²) in [4.78, 5) is 15.0. The minimum Gasteiger partial charge on any atom is -0.463 e. The van der Waals surface area contributed by atoms with Crippen LogP contribution in [-0.4, -0.2) is 27.4 Å². The molecule has 1 aliphatic carbocycles. The minimum atomic E-state index is -0.110. The molecule has 1 saturated carbocycles. The summed E-state index contributed by atoms with van der Waals surface area (Å²) in [6, 6.07) is 11.0. The summed E-state index contributed by atoms with van der Waals surface area (Å²) in [6.07, 6.45) is 3.53. The molecule has 1 aromatic rings. The molecular formula is C19H24INO2. The number of hydrogen-bond donors (Lipinski definition) is 0. The highest BCUT2D eigenvalue weighted by Gasteiger charge is 2.46. The van der Waals surface area contributed by atoms with Gasteiger partial charge in [-0.1, -0.05) is 59.3 Å². The maximum atomic E-state index is 12.5. The van der Waals surface area contributed by atoms with Gasteiger partial charge in [0.05, 0.1) is 12.2 Å². The van der Waals surface area contributed by atoms with E-state index in [9.17, 15) is 4.79 Å². The molecule has 0 amide bonds. The van der Waals surface area contributed by atoms with E-state index in [-0.39, 0.29) is 5.97 Å². The van der Waals surface area contributed by atoms with Gasteiger partial charge in [-0.05, 0) is 32.3 Å². The van der Waals surface area contributed by atoms with E-state index in [0.717, 1.165) is 24.2 Å². The molecule has 0 radical (unpaired) electrons. The Balaban J connectivity index is 1.93. The van der Waals surface area contributed by atoms with Crippen molar-refractivity contribution in [2.24, 2.45) is 5.92 Å². The molecule has 3 atom stereocenters. The summed E-state index contributed by atoms with van der Waals surface area (Å²) in [5, 5.41) is 0. The Morgan fingerprint density at radius 3 is 2.74 bits per heavy atom. The van der Waals surface area contributed by atoms with E-state index in [0.29, 0.717) is 22.5 Å². The van der Waals surface area contributed by atoms with Gasteiger partial charge in [0.25, 0.3) is 0 Å². The normalized spacial score (nSPS) is 27.1. The van der Waals surface area contributed by atoms with Crippen LogP contribution in [0.25, 0.3) is 0 Å². The van der Waals surface area contributed by atoms with Crippen molar-refractivity contribution in [2.75, 3.05) is 6.61 Å². The zero-order valence-electron chi connectivity index (χ0n) is 13.8. The van der Waals surface area contributed by atoms with Crippen LogP contribution in [0, 0.1) is 5.92 Å². The number of ether oxygens (including phenoxy) is 1. The van der Waals surface area contributed by atoms with Gasteiger partial charge in [-0.15, -0.1) is 0 Å². The highest BCUT2D eigenvalue weighted by molar-refractivity contribution is 14.1. The molecule has 1 aromatic carbocycles. The molecule has 3 rings (SSSR count). The number of alkyl halides is 1. The average Bonchev–Trinajstić information content (AvgIpc) is 2.82. The Morgan fingerprint density at radius 1 is 1.30 bits per heavy atom. The second kappa shape index (κ2) is 7.24. The van der Waals surface area contributed by atoms with Gasteiger partial charge in [0.1, 0.15) is 0 Å². The maximum Gasteiger partial charge on any atom is 0.336 e. The summed E-state index contributed by atoms with van der Waals surface area (Å²) in [7, 11) is 0. The van der Waals surface area contributed by atoms with Gasteiger partial charge >= 0.3 is 5.97 Å². The second-order valence-electron chi connectivity index (χ2n) is 6.38. The smallest absolute Gasteiger partial charge is 0.336 e. The van der Waals surface area contributed by atoms with E-state index in [1.807, 2.05) is 13.0 Å². The lowest BCUT2D eigenvalue weighted by Crippen LogP contribution is -2.43. The average molecular weight is 425 g/mol. The highest BCUT2D eigenvalue weighted by atomic mass is 127. The first kappa shape index (κ1) is 16.8. The fraction of sp³-hybridized carbons (Fsp3) is 0.526. The Hall–Kier alpha value is -1.04. The number of nitrogens with zero attached hydrogens (tertiary/aromatic N) is 1.